The van der Waals surface area contributed by atoms with Crippen LogP contribution in [-0.4, -0.2) is 29.0 Å². The van der Waals surface area contributed by atoms with Crippen molar-refractivity contribution in [2.24, 2.45) is 0 Å². The van der Waals surface area contributed by atoms with Crippen molar-refractivity contribution in [2.45, 2.75) is 25.6 Å². The molecule has 1 saturated heterocycles. The number of rotatable bonds is 5. The van der Waals surface area contributed by atoms with Gasteiger partial charge in [-0.15, -0.1) is 0 Å². The van der Waals surface area contributed by atoms with Crippen molar-refractivity contribution in [3.05, 3.63) is 77.6 Å². The lowest BCUT2D eigenvalue weighted by molar-refractivity contribution is -0.138. The minimum Gasteiger partial charge on any atom is -0.355 e. The lowest BCUT2D eigenvalue weighted by atomic mass is 10.1. The molecule has 0 aliphatic carbocycles. The first-order chi connectivity index (χ1) is 14.9. The molecule has 0 saturated carbocycles. The van der Waals surface area contributed by atoms with Gasteiger partial charge in [-0.05, 0) is 36.6 Å². The van der Waals surface area contributed by atoms with E-state index in [2.05, 4.69) is 20.2 Å². The molecule has 0 bridgehead atoms. The highest BCUT2D eigenvalue weighted by molar-refractivity contribution is 5.95. The van der Waals surface area contributed by atoms with Crippen LogP contribution in [0.3, 0.4) is 0 Å². The first-order valence-electron chi connectivity index (χ1n) is 10.0. The number of benzene rings is 2. The number of alkyl halides is 3. The second-order valence-electron chi connectivity index (χ2n) is 7.34. The summed E-state index contributed by atoms with van der Waals surface area (Å²) in [6.45, 7) is 1.60. The maximum absolute atomic E-state index is 13.2. The van der Waals surface area contributed by atoms with Gasteiger partial charge in [-0.1, -0.05) is 30.3 Å². The van der Waals surface area contributed by atoms with E-state index < -0.39 is 17.6 Å². The molecule has 1 N–H and O–H groups in total. The fourth-order valence-electron chi connectivity index (χ4n) is 3.73. The minimum absolute atomic E-state index is 0.0183. The summed E-state index contributed by atoms with van der Waals surface area (Å²) in [4.78, 5) is 23.8. The Balaban J connectivity index is 1.54. The Morgan fingerprint density at radius 3 is 2.52 bits per heavy atom. The molecule has 8 heteroatoms. The van der Waals surface area contributed by atoms with E-state index in [0.717, 1.165) is 43.4 Å². The zero-order valence-corrected chi connectivity index (χ0v) is 16.7. The number of nitrogens with one attached hydrogen (secondary N) is 1. The molecule has 5 nitrogen and oxygen atoms in total. The first kappa shape index (κ1) is 20.8. The average molecular weight is 426 g/mol. The van der Waals surface area contributed by atoms with Gasteiger partial charge in [0.1, 0.15) is 5.69 Å². The van der Waals surface area contributed by atoms with Crippen LogP contribution in [0.5, 0.6) is 0 Å². The smallest absolute Gasteiger partial charge is 0.355 e. The van der Waals surface area contributed by atoms with Gasteiger partial charge in [-0.3, -0.25) is 9.78 Å². The van der Waals surface area contributed by atoms with E-state index in [9.17, 15) is 18.0 Å². The Morgan fingerprint density at radius 1 is 1.00 bits per heavy atom. The van der Waals surface area contributed by atoms with Crippen LogP contribution in [0.25, 0.3) is 11.3 Å². The van der Waals surface area contributed by atoms with Gasteiger partial charge in [0.05, 0.1) is 5.56 Å². The number of anilines is 1. The topological polar surface area (TPSA) is 58.1 Å². The van der Waals surface area contributed by atoms with Crippen LogP contribution in [-0.2, 0) is 12.7 Å². The Morgan fingerprint density at radius 2 is 1.74 bits per heavy atom. The highest BCUT2D eigenvalue weighted by Gasteiger charge is 2.32. The van der Waals surface area contributed by atoms with Gasteiger partial charge in [0, 0.05) is 43.2 Å². The van der Waals surface area contributed by atoms with Gasteiger partial charge >= 0.3 is 6.18 Å². The fourth-order valence-corrected chi connectivity index (χ4v) is 3.73. The molecule has 2 aromatic carbocycles. The molecule has 0 unspecified atom stereocenters. The number of nitrogens with zero attached hydrogens (tertiary/aromatic N) is 3. The molecule has 1 aliphatic rings. The number of aromatic nitrogens is 2. The number of hydrogen-bond acceptors (Lipinski definition) is 4. The maximum atomic E-state index is 13.2. The van der Waals surface area contributed by atoms with E-state index in [1.54, 1.807) is 30.6 Å². The third kappa shape index (κ3) is 4.68. The van der Waals surface area contributed by atoms with Crippen LogP contribution in [0.1, 0.15) is 34.3 Å². The first-order valence-corrected chi connectivity index (χ1v) is 10.0. The predicted octanol–water partition coefficient (Wildman–Crippen LogP) is 4.69. The van der Waals surface area contributed by atoms with Crippen molar-refractivity contribution in [3.63, 3.8) is 0 Å². The van der Waals surface area contributed by atoms with E-state index in [4.69, 9.17) is 0 Å². The molecule has 1 aliphatic heterocycles. The summed E-state index contributed by atoms with van der Waals surface area (Å²) in [6, 6.07) is 12.1. The van der Waals surface area contributed by atoms with Gasteiger partial charge in [-0.25, -0.2) is 4.98 Å². The largest absolute Gasteiger partial charge is 0.416 e. The van der Waals surface area contributed by atoms with E-state index >= 15 is 0 Å². The van der Waals surface area contributed by atoms with Crippen molar-refractivity contribution in [2.75, 3.05) is 18.0 Å². The van der Waals surface area contributed by atoms with Crippen LogP contribution >= 0.6 is 0 Å². The molecule has 160 valence electrons. The second-order valence-corrected chi connectivity index (χ2v) is 7.34. The van der Waals surface area contributed by atoms with E-state index in [1.807, 2.05) is 6.07 Å². The summed E-state index contributed by atoms with van der Waals surface area (Å²) in [5.74, 6) is 0.321. The quantitative estimate of drug-likeness (QED) is 0.643. The maximum Gasteiger partial charge on any atom is 0.416 e. The van der Waals surface area contributed by atoms with E-state index in [1.165, 1.54) is 18.2 Å². The molecule has 3 aromatic rings. The van der Waals surface area contributed by atoms with Gasteiger partial charge < -0.3 is 10.2 Å². The van der Waals surface area contributed by atoms with Crippen molar-refractivity contribution in [3.8, 4) is 11.3 Å². The fraction of sp³-hybridized carbons (Fsp3) is 0.261. The number of carbonyl (C=O) groups excluding carboxylic acids is 1. The minimum atomic E-state index is -4.47. The Bertz CT molecular complexity index is 1080. The molecule has 0 spiro atoms. The van der Waals surface area contributed by atoms with E-state index in [0.29, 0.717) is 11.3 Å². The molecule has 2 heterocycles. The standard InChI is InChI=1S/C23H21F3N4O/c24-23(25,26)19-9-2-1-6-18(19)15-29-22(31)17-8-5-7-16(14-17)20-21(28-11-10-27-20)30-12-3-4-13-30/h1-2,5-11,14H,3-4,12-13,15H2,(H,29,31). The molecule has 0 atom stereocenters. The van der Waals surface area contributed by atoms with Gasteiger partial charge in [0.15, 0.2) is 5.82 Å². The average Bonchev–Trinajstić information content (AvgIpc) is 3.32. The summed E-state index contributed by atoms with van der Waals surface area (Å²) in [5.41, 5.74) is 1.03. The normalized spacial score (nSPS) is 14.0. The zero-order valence-electron chi connectivity index (χ0n) is 16.7. The van der Waals surface area contributed by atoms with Crippen molar-refractivity contribution >= 4 is 11.7 Å². The lowest BCUT2D eigenvalue weighted by Gasteiger charge is -2.19. The van der Waals surface area contributed by atoms with Crippen molar-refractivity contribution in [1.82, 2.24) is 15.3 Å². The van der Waals surface area contributed by atoms with Gasteiger partial charge in [0.2, 0.25) is 0 Å². The molecule has 0 radical (unpaired) electrons. The summed E-state index contributed by atoms with van der Waals surface area (Å²) >= 11 is 0. The molecule has 1 fully saturated rings. The van der Waals surface area contributed by atoms with Gasteiger partial charge in [-0.2, -0.15) is 13.2 Å². The Kier molecular flexibility index (Phi) is 5.88. The predicted molar refractivity (Wildman–Crippen MR) is 112 cm³/mol. The number of hydrogen-bond donors (Lipinski definition) is 1. The Labute approximate surface area is 178 Å². The molecular formula is C23H21F3N4O. The second kappa shape index (κ2) is 8.75. The molecule has 1 amide bonds. The third-order valence-corrected chi connectivity index (χ3v) is 5.24. The molecular weight excluding hydrogens is 405 g/mol. The Hall–Kier alpha value is -3.42. The summed E-state index contributed by atoms with van der Waals surface area (Å²) < 4.78 is 39.5. The molecule has 31 heavy (non-hydrogen) atoms. The van der Waals surface area contributed by atoms with Crippen LogP contribution in [0.2, 0.25) is 0 Å². The van der Waals surface area contributed by atoms with Crippen LogP contribution in [0.15, 0.2) is 60.9 Å². The van der Waals surface area contributed by atoms with Crippen LogP contribution in [0.4, 0.5) is 19.0 Å². The number of halogens is 3. The highest BCUT2D eigenvalue weighted by atomic mass is 19.4. The summed E-state index contributed by atoms with van der Waals surface area (Å²) in [7, 11) is 0. The SMILES string of the molecule is O=C(NCc1ccccc1C(F)(F)F)c1cccc(-c2nccnc2N2CCCC2)c1. The molecule has 4 rings (SSSR count). The third-order valence-electron chi connectivity index (χ3n) is 5.24. The van der Waals surface area contributed by atoms with E-state index in [-0.39, 0.29) is 12.1 Å². The molecule has 1 aromatic heterocycles. The number of carbonyl (C=O) groups is 1. The summed E-state index contributed by atoms with van der Waals surface area (Å²) in [6.07, 6.45) is 0.969. The zero-order chi connectivity index (χ0) is 21.8. The van der Waals surface area contributed by atoms with Gasteiger partial charge in [0.25, 0.3) is 5.91 Å². The lowest BCUT2D eigenvalue weighted by Crippen LogP contribution is -2.24. The van der Waals surface area contributed by atoms with Crippen molar-refractivity contribution in [1.29, 1.82) is 0 Å². The highest BCUT2D eigenvalue weighted by Crippen LogP contribution is 2.32. The monoisotopic (exact) mass is 426 g/mol. The number of amides is 1. The summed E-state index contributed by atoms with van der Waals surface area (Å²) in [5, 5.41) is 2.59. The van der Waals surface area contributed by atoms with Crippen LogP contribution in [0, 0.1) is 0 Å². The van der Waals surface area contributed by atoms with Crippen LogP contribution < -0.4 is 10.2 Å². The van der Waals surface area contributed by atoms with Crippen molar-refractivity contribution < 1.29 is 18.0 Å².